The minimum absolute atomic E-state index is 0.461. The highest BCUT2D eigenvalue weighted by atomic mass is 35.5. The maximum atomic E-state index is 6.43. The van der Waals surface area contributed by atoms with Crippen molar-refractivity contribution >= 4 is 39.8 Å². The molecular weight excluding hydrogens is 405 g/mol. The molecule has 0 unspecified atom stereocenters. The number of nitrogens with zero attached hydrogens (tertiary/aromatic N) is 2. The molecule has 0 amide bonds. The van der Waals surface area contributed by atoms with Crippen LogP contribution in [0.15, 0.2) is 78.3 Å². The maximum absolute atomic E-state index is 6.43. The molecule has 3 aromatic heterocycles. The summed E-state index contributed by atoms with van der Waals surface area (Å²) < 4.78 is 5.62. The number of pyridine rings is 1. The predicted octanol–water partition coefficient (Wildman–Crippen LogP) is 7.34. The third kappa shape index (κ3) is 3.53. The lowest BCUT2D eigenvalue weighted by Gasteiger charge is -2.06. The van der Waals surface area contributed by atoms with Crippen LogP contribution in [0.25, 0.3) is 39.1 Å². The topological polar surface area (TPSA) is 54.7 Å². The lowest BCUT2D eigenvalue weighted by molar-refractivity contribution is 0.433. The van der Waals surface area contributed by atoms with Crippen LogP contribution in [-0.2, 0) is 0 Å². The molecule has 3 heterocycles. The molecule has 6 heteroatoms. The van der Waals surface area contributed by atoms with E-state index in [9.17, 15) is 0 Å². The Kier molecular flexibility index (Phi) is 5.38. The van der Waals surface area contributed by atoms with E-state index in [-0.39, 0.29) is 0 Å². The van der Waals surface area contributed by atoms with Crippen molar-refractivity contribution in [3.05, 3.63) is 89.3 Å². The van der Waals surface area contributed by atoms with Crippen molar-refractivity contribution in [3.8, 4) is 22.5 Å². The van der Waals surface area contributed by atoms with Gasteiger partial charge in [0.2, 0.25) is 0 Å². The molecule has 0 aliphatic heterocycles. The summed E-state index contributed by atoms with van der Waals surface area (Å²) in [5.41, 5.74) is 5.16. The molecule has 0 radical (unpaired) electrons. The second-order valence-electron chi connectivity index (χ2n) is 6.33. The van der Waals surface area contributed by atoms with Crippen molar-refractivity contribution in [1.29, 1.82) is 0 Å². The summed E-state index contributed by atoms with van der Waals surface area (Å²) in [6, 6.07) is 7.56. The first-order valence-electron chi connectivity index (χ1n) is 8.96. The van der Waals surface area contributed by atoms with Gasteiger partial charge >= 0.3 is 0 Å². The van der Waals surface area contributed by atoms with Crippen molar-refractivity contribution in [2.75, 3.05) is 0 Å². The molecule has 1 N–H and O–H groups in total. The molecule has 0 saturated heterocycles. The highest BCUT2D eigenvalue weighted by Gasteiger charge is 2.20. The fraction of sp³-hybridized carbons (Fsp3) is 0.0435. The van der Waals surface area contributed by atoms with Gasteiger partial charge in [-0.1, -0.05) is 71.4 Å². The van der Waals surface area contributed by atoms with E-state index in [0.717, 1.165) is 38.9 Å². The zero-order valence-corrected chi connectivity index (χ0v) is 17.1. The van der Waals surface area contributed by atoms with Gasteiger partial charge in [0.25, 0.3) is 0 Å². The molecule has 0 aliphatic rings. The normalized spacial score (nSPS) is 12.2. The first-order chi connectivity index (χ1) is 14.1. The van der Waals surface area contributed by atoms with Crippen LogP contribution in [0.3, 0.4) is 0 Å². The molecule has 144 valence electrons. The van der Waals surface area contributed by atoms with Gasteiger partial charge in [-0.25, -0.2) is 4.98 Å². The van der Waals surface area contributed by atoms with Crippen LogP contribution in [0, 0.1) is 0 Å². The van der Waals surface area contributed by atoms with E-state index in [1.165, 1.54) is 0 Å². The Labute approximate surface area is 178 Å². The van der Waals surface area contributed by atoms with E-state index in [1.807, 2.05) is 49.7 Å². The smallest absolute Gasteiger partial charge is 0.176 e. The maximum Gasteiger partial charge on any atom is 0.176 e. The molecule has 29 heavy (non-hydrogen) atoms. The molecule has 1 aromatic carbocycles. The number of fused-ring (bicyclic) bond motifs is 1. The Morgan fingerprint density at radius 2 is 2.03 bits per heavy atom. The fourth-order valence-electron chi connectivity index (χ4n) is 3.22. The second-order valence-corrected chi connectivity index (χ2v) is 7.12. The number of aromatic amines is 1. The molecular formula is C23H17Cl2N3O. The summed E-state index contributed by atoms with van der Waals surface area (Å²) in [5.74, 6) is 0.600. The number of nitrogens with one attached hydrogen (secondary N) is 1. The molecule has 4 nitrogen and oxygen atoms in total. The number of allylic oxidation sites excluding steroid dienone is 5. The van der Waals surface area contributed by atoms with E-state index >= 15 is 0 Å². The van der Waals surface area contributed by atoms with Crippen molar-refractivity contribution in [2.45, 2.75) is 6.92 Å². The Bertz CT molecular complexity index is 1260. The average molecular weight is 422 g/mol. The van der Waals surface area contributed by atoms with E-state index in [0.29, 0.717) is 15.8 Å². The zero-order valence-electron chi connectivity index (χ0n) is 15.6. The van der Waals surface area contributed by atoms with Crippen LogP contribution in [-0.4, -0.2) is 15.1 Å². The molecule has 0 spiro atoms. The minimum Gasteiger partial charge on any atom is -0.356 e. The molecule has 0 bridgehead atoms. The monoisotopic (exact) mass is 421 g/mol. The van der Waals surface area contributed by atoms with E-state index in [2.05, 4.69) is 27.8 Å². The van der Waals surface area contributed by atoms with Gasteiger partial charge < -0.3 is 9.51 Å². The number of hydrogen-bond donors (Lipinski definition) is 1. The molecule has 4 rings (SSSR count). The molecule has 4 aromatic rings. The SMILES string of the molecule is C=C/C=C\C(=C/C)c1cnc2[nH]cc(-c3oncc3-c3cccc(Cl)c3Cl)c2c1. The van der Waals surface area contributed by atoms with Crippen LogP contribution in [0.2, 0.25) is 10.0 Å². The molecule has 0 fully saturated rings. The predicted molar refractivity (Wildman–Crippen MR) is 120 cm³/mol. The number of aromatic nitrogens is 3. The van der Waals surface area contributed by atoms with Crippen LogP contribution < -0.4 is 0 Å². The summed E-state index contributed by atoms with van der Waals surface area (Å²) in [4.78, 5) is 7.75. The summed E-state index contributed by atoms with van der Waals surface area (Å²) >= 11 is 12.6. The van der Waals surface area contributed by atoms with Crippen LogP contribution in [0.5, 0.6) is 0 Å². The van der Waals surface area contributed by atoms with Crippen LogP contribution in [0.1, 0.15) is 12.5 Å². The first kappa shape index (κ1) is 19.2. The standard InChI is InChI=1S/C23H17Cl2N3O/c1-3-5-7-14(4-2)15-10-17-18(12-27-23(17)26-11-15)22-19(13-28-29-22)16-8-6-9-20(24)21(16)25/h3-13H,1H2,2H3,(H,26,27)/b7-5-,14-4+. The van der Waals surface area contributed by atoms with Gasteiger partial charge in [0, 0.05) is 34.5 Å². The number of benzene rings is 1. The third-order valence-corrected chi connectivity index (χ3v) is 5.46. The van der Waals surface area contributed by atoms with E-state index in [1.54, 1.807) is 18.3 Å². The van der Waals surface area contributed by atoms with Gasteiger partial charge in [0.1, 0.15) is 5.65 Å². The average Bonchev–Trinajstić information content (AvgIpc) is 3.37. The summed E-state index contributed by atoms with van der Waals surface area (Å²) in [7, 11) is 0. The minimum atomic E-state index is 0.461. The number of hydrogen-bond acceptors (Lipinski definition) is 3. The number of halogens is 2. The van der Waals surface area contributed by atoms with E-state index < -0.39 is 0 Å². The van der Waals surface area contributed by atoms with Crippen molar-refractivity contribution in [3.63, 3.8) is 0 Å². The Morgan fingerprint density at radius 3 is 2.83 bits per heavy atom. The van der Waals surface area contributed by atoms with Gasteiger partial charge in [-0.3, -0.25) is 0 Å². The van der Waals surface area contributed by atoms with Crippen molar-refractivity contribution in [2.24, 2.45) is 0 Å². The molecule has 0 saturated carbocycles. The molecule has 0 atom stereocenters. The fourth-order valence-corrected chi connectivity index (χ4v) is 3.62. The summed E-state index contributed by atoms with van der Waals surface area (Å²) in [5, 5.41) is 5.86. The lowest BCUT2D eigenvalue weighted by Crippen LogP contribution is -1.86. The zero-order chi connectivity index (χ0) is 20.4. The quantitative estimate of drug-likeness (QED) is 0.343. The highest BCUT2D eigenvalue weighted by Crippen LogP contribution is 2.40. The van der Waals surface area contributed by atoms with Gasteiger partial charge in [-0.2, -0.15) is 0 Å². The van der Waals surface area contributed by atoms with Gasteiger partial charge in [0.15, 0.2) is 5.76 Å². The third-order valence-electron chi connectivity index (χ3n) is 4.64. The van der Waals surface area contributed by atoms with Crippen LogP contribution >= 0.6 is 23.2 Å². The summed E-state index contributed by atoms with van der Waals surface area (Å²) in [6.07, 6.45) is 13.0. The number of H-pyrrole nitrogens is 1. The van der Waals surface area contributed by atoms with Crippen LogP contribution in [0.4, 0.5) is 0 Å². The van der Waals surface area contributed by atoms with Gasteiger partial charge in [-0.05, 0) is 24.6 Å². The van der Waals surface area contributed by atoms with Gasteiger partial charge in [-0.15, -0.1) is 0 Å². The Hall–Kier alpha value is -3.08. The van der Waals surface area contributed by atoms with Gasteiger partial charge in [0.05, 0.1) is 21.8 Å². The molecule has 0 aliphatic carbocycles. The Morgan fingerprint density at radius 1 is 1.17 bits per heavy atom. The number of rotatable bonds is 5. The summed E-state index contributed by atoms with van der Waals surface area (Å²) in [6.45, 7) is 5.71. The highest BCUT2D eigenvalue weighted by molar-refractivity contribution is 6.43. The van der Waals surface area contributed by atoms with Crippen molar-refractivity contribution < 1.29 is 4.52 Å². The Balaban J connectivity index is 1.87. The first-order valence-corrected chi connectivity index (χ1v) is 9.72. The lowest BCUT2D eigenvalue weighted by atomic mass is 10.0. The second kappa shape index (κ2) is 8.11. The van der Waals surface area contributed by atoms with E-state index in [4.69, 9.17) is 27.7 Å². The largest absolute Gasteiger partial charge is 0.356 e. The van der Waals surface area contributed by atoms with Crippen molar-refractivity contribution in [1.82, 2.24) is 15.1 Å².